The third-order valence-corrected chi connectivity index (χ3v) is 4.07. The standard InChI is InChI=1S/C17H22N2O4/c1-3-17(18,9-14(20)21)12-10-19-13-7-5-6-11(16(12)13)8-15(22)23-4-2/h5-7,10,19H,3-4,8-9,18H2,1-2H3,(H,20,21). The third kappa shape index (κ3) is 3.53. The number of nitrogens with two attached hydrogens (primary N) is 1. The summed E-state index contributed by atoms with van der Waals surface area (Å²) in [6.45, 7) is 3.94. The van der Waals surface area contributed by atoms with Crippen LogP contribution in [0.5, 0.6) is 0 Å². The molecule has 0 radical (unpaired) electrons. The van der Waals surface area contributed by atoms with Crippen LogP contribution < -0.4 is 5.73 Å². The van der Waals surface area contributed by atoms with E-state index >= 15 is 0 Å². The number of rotatable bonds is 7. The van der Waals surface area contributed by atoms with E-state index in [1.807, 2.05) is 25.1 Å². The number of aliphatic carboxylic acids is 1. The minimum atomic E-state index is -0.991. The van der Waals surface area contributed by atoms with Gasteiger partial charge in [-0.05, 0) is 30.5 Å². The fraction of sp³-hybridized carbons (Fsp3) is 0.412. The van der Waals surface area contributed by atoms with Gasteiger partial charge < -0.3 is 20.6 Å². The lowest BCUT2D eigenvalue weighted by molar-refractivity contribution is -0.142. The number of carboxylic acids is 1. The van der Waals surface area contributed by atoms with Crippen LogP contribution in [0.15, 0.2) is 24.4 Å². The largest absolute Gasteiger partial charge is 0.481 e. The number of esters is 1. The number of hydrogen-bond donors (Lipinski definition) is 3. The van der Waals surface area contributed by atoms with Gasteiger partial charge in [-0.25, -0.2) is 0 Å². The van der Waals surface area contributed by atoms with Gasteiger partial charge in [0.1, 0.15) is 0 Å². The van der Waals surface area contributed by atoms with Gasteiger partial charge in [-0.3, -0.25) is 9.59 Å². The number of benzene rings is 1. The summed E-state index contributed by atoms with van der Waals surface area (Å²) in [7, 11) is 0. The van der Waals surface area contributed by atoms with E-state index in [9.17, 15) is 14.7 Å². The minimum absolute atomic E-state index is 0.128. The first-order chi connectivity index (χ1) is 10.9. The minimum Gasteiger partial charge on any atom is -0.481 e. The van der Waals surface area contributed by atoms with Crippen molar-refractivity contribution in [2.75, 3.05) is 6.61 Å². The quantitative estimate of drug-likeness (QED) is 0.679. The predicted molar refractivity (Wildman–Crippen MR) is 87.0 cm³/mol. The highest BCUT2D eigenvalue weighted by atomic mass is 16.5. The summed E-state index contributed by atoms with van der Waals surface area (Å²) in [4.78, 5) is 26.1. The Bertz CT molecular complexity index is 722. The zero-order valence-corrected chi connectivity index (χ0v) is 13.4. The lowest BCUT2D eigenvalue weighted by atomic mass is 9.83. The summed E-state index contributed by atoms with van der Waals surface area (Å²) in [5, 5.41) is 9.98. The molecule has 2 aromatic rings. The normalized spacial score (nSPS) is 13.7. The lowest BCUT2D eigenvalue weighted by Gasteiger charge is -2.26. The molecule has 0 saturated carbocycles. The number of fused-ring (bicyclic) bond motifs is 1. The third-order valence-electron chi connectivity index (χ3n) is 4.07. The van der Waals surface area contributed by atoms with Crippen LogP contribution >= 0.6 is 0 Å². The van der Waals surface area contributed by atoms with E-state index in [2.05, 4.69) is 4.98 Å². The highest BCUT2D eigenvalue weighted by molar-refractivity contribution is 5.91. The maximum Gasteiger partial charge on any atom is 0.310 e. The molecule has 6 heteroatoms. The van der Waals surface area contributed by atoms with Gasteiger partial charge in [0.25, 0.3) is 0 Å². The molecule has 0 aliphatic carbocycles. The summed E-state index contributed by atoms with van der Waals surface area (Å²) in [6.07, 6.45) is 2.17. The van der Waals surface area contributed by atoms with Crippen LogP contribution in [0.4, 0.5) is 0 Å². The van der Waals surface area contributed by atoms with Crippen molar-refractivity contribution >= 4 is 22.8 Å². The molecule has 0 aliphatic heterocycles. The Morgan fingerprint density at radius 2 is 2.09 bits per heavy atom. The summed E-state index contributed by atoms with van der Waals surface area (Å²) >= 11 is 0. The van der Waals surface area contributed by atoms with Gasteiger partial charge in [-0.2, -0.15) is 0 Å². The molecule has 124 valence electrons. The molecule has 1 atom stereocenters. The maximum atomic E-state index is 11.8. The monoisotopic (exact) mass is 318 g/mol. The molecule has 1 aromatic carbocycles. The van der Waals surface area contributed by atoms with Crippen molar-refractivity contribution < 1.29 is 19.4 Å². The Hall–Kier alpha value is -2.34. The molecule has 0 aliphatic rings. The van der Waals surface area contributed by atoms with E-state index in [1.165, 1.54) is 0 Å². The Morgan fingerprint density at radius 1 is 1.35 bits per heavy atom. The van der Waals surface area contributed by atoms with Crippen molar-refractivity contribution in [1.82, 2.24) is 4.98 Å². The number of nitrogens with one attached hydrogen (secondary N) is 1. The zero-order chi connectivity index (χ0) is 17.0. The lowest BCUT2D eigenvalue weighted by Crippen LogP contribution is -2.38. The average molecular weight is 318 g/mol. The van der Waals surface area contributed by atoms with E-state index < -0.39 is 11.5 Å². The van der Waals surface area contributed by atoms with Gasteiger partial charge in [0.2, 0.25) is 0 Å². The molecule has 0 fully saturated rings. The zero-order valence-electron chi connectivity index (χ0n) is 13.4. The number of aromatic amines is 1. The van der Waals surface area contributed by atoms with Crippen molar-refractivity contribution in [2.45, 2.75) is 38.6 Å². The first-order valence-electron chi connectivity index (χ1n) is 7.67. The van der Waals surface area contributed by atoms with E-state index in [0.717, 1.165) is 22.0 Å². The smallest absolute Gasteiger partial charge is 0.310 e. The molecule has 1 heterocycles. The van der Waals surface area contributed by atoms with E-state index in [4.69, 9.17) is 10.5 Å². The number of carboxylic acid groups (broad SMARTS) is 1. The molecule has 1 aromatic heterocycles. The van der Waals surface area contributed by atoms with Crippen molar-refractivity contribution in [3.63, 3.8) is 0 Å². The van der Waals surface area contributed by atoms with Crippen molar-refractivity contribution in [3.05, 3.63) is 35.5 Å². The van der Waals surface area contributed by atoms with Crippen LogP contribution in [-0.2, 0) is 26.3 Å². The molecule has 0 amide bonds. The van der Waals surface area contributed by atoms with Crippen LogP contribution in [-0.4, -0.2) is 28.6 Å². The van der Waals surface area contributed by atoms with Gasteiger partial charge in [0.05, 0.1) is 25.0 Å². The molecule has 6 nitrogen and oxygen atoms in total. The first kappa shape index (κ1) is 17.0. The van der Waals surface area contributed by atoms with Gasteiger partial charge in [0, 0.05) is 17.1 Å². The molecule has 1 unspecified atom stereocenters. The van der Waals surface area contributed by atoms with E-state index in [1.54, 1.807) is 13.1 Å². The van der Waals surface area contributed by atoms with Crippen LogP contribution in [0, 0.1) is 0 Å². The topological polar surface area (TPSA) is 105 Å². The maximum absolute atomic E-state index is 11.8. The molecule has 2 rings (SSSR count). The SMILES string of the molecule is CCOC(=O)Cc1cccc2[nH]cc(C(N)(CC)CC(=O)O)c12. The molecular formula is C17H22N2O4. The molecule has 23 heavy (non-hydrogen) atoms. The summed E-state index contributed by atoms with van der Waals surface area (Å²) in [6, 6.07) is 5.57. The number of H-pyrrole nitrogens is 1. The van der Waals surface area contributed by atoms with Crippen molar-refractivity contribution in [1.29, 1.82) is 0 Å². The second kappa shape index (κ2) is 6.83. The Morgan fingerprint density at radius 3 is 2.70 bits per heavy atom. The summed E-state index contributed by atoms with van der Waals surface area (Å²) in [5.74, 6) is -1.27. The molecule has 0 bridgehead atoms. The van der Waals surface area contributed by atoms with E-state index in [0.29, 0.717) is 13.0 Å². The molecular weight excluding hydrogens is 296 g/mol. The van der Waals surface area contributed by atoms with Gasteiger partial charge in [-0.1, -0.05) is 19.1 Å². The molecule has 0 spiro atoms. The van der Waals surface area contributed by atoms with Crippen LogP contribution in [0.25, 0.3) is 10.9 Å². The second-order valence-corrected chi connectivity index (χ2v) is 5.60. The Labute approximate surface area is 134 Å². The number of carbonyl (C=O) groups excluding carboxylic acids is 1. The Balaban J connectivity index is 2.53. The second-order valence-electron chi connectivity index (χ2n) is 5.60. The predicted octanol–water partition coefficient (Wildman–Crippen LogP) is 2.31. The summed E-state index contributed by atoms with van der Waals surface area (Å²) < 4.78 is 5.01. The van der Waals surface area contributed by atoms with Gasteiger partial charge in [-0.15, -0.1) is 0 Å². The summed E-state index contributed by atoms with van der Waals surface area (Å²) in [5.41, 5.74) is 7.71. The average Bonchev–Trinajstić information content (AvgIpc) is 2.92. The molecule has 0 saturated heterocycles. The number of hydrogen-bond acceptors (Lipinski definition) is 4. The highest BCUT2D eigenvalue weighted by Gasteiger charge is 2.32. The van der Waals surface area contributed by atoms with E-state index in [-0.39, 0.29) is 18.8 Å². The van der Waals surface area contributed by atoms with Crippen molar-refractivity contribution in [3.8, 4) is 0 Å². The first-order valence-corrected chi connectivity index (χ1v) is 7.67. The molecule has 4 N–H and O–H groups in total. The highest BCUT2D eigenvalue weighted by Crippen LogP contribution is 2.34. The fourth-order valence-corrected chi connectivity index (χ4v) is 2.85. The fourth-order valence-electron chi connectivity index (χ4n) is 2.85. The van der Waals surface area contributed by atoms with Gasteiger partial charge in [0.15, 0.2) is 0 Å². The number of ether oxygens (including phenoxy) is 1. The van der Waals surface area contributed by atoms with Crippen LogP contribution in [0.3, 0.4) is 0 Å². The van der Waals surface area contributed by atoms with Crippen molar-refractivity contribution in [2.24, 2.45) is 5.73 Å². The van der Waals surface area contributed by atoms with Crippen LogP contribution in [0.1, 0.15) is 37.8 Å². The van der Waals surface area contributed by atoms with Gasteiger partial charge >= 0.3 is 11.9 Å². The number of carbonyl (C=O) groups is 2. The number of aromatic nitrogens is 1. The van der Waals surface area contributed by atoms with Crippen LogP contribution in [0.2, 0.25) is 0 Å². The Kier molecular flexibility index (Phi) is 5.05.